The molecule has 12 nitrogen and oxygen atoms in total. The Kier molecular flexibility index (Phi) is 13.9. The highest BCUT2D eigenvalue weighted by Crippen LogP contribution is 2.35. The second kappa shape index (κ2) is 17.6. The van der Waals surface area contributed by atoms with Crippen LogP contribution in [-0.4, -0.2) is 114 Å². The van der Waals surface area contributed by atoms with Crippen LogP contribution in [0.2, 0.25) is 0 Å². The van der Waals surface area contributed by atoms with Crippen molar-refractivity contribution in [3.63, 3.8) is 0 Å². The number of rotatable bonds is 16. The topological polar surface area (TPSA) is 127 Å². The molecular formula is C29H44N6O6. The number of hydrogen-bond donors (Lipinski definition) is 2. The quantitative estimate of drug-likeness (QED) is 0.291. The molecule has 12 heteroatoms. The Bertz CT molecular complexity index is 1040. The zero-order valence-electron chi connectivity index (χ0n) is 24.5. The van der Waals surface area contributed by atoms with Crippen LogP contribution in [0.4, 0.5) is 10.5 Å². The summed E-state index contributed by atoms with van der Waals surface area (Å²) >= 11 is 0. The third-order valence-corrected chi connectivity index (χ3v) is 7.06. The lowest BCUT2D eigenvalue weighted by Gasteiger charge is -2.41. The zero-order chi connectivity index (χ0) is 29.3. The number of aromatic nitrogens is 2. The predicted molar refractivity (Wildman–Crippen MR) is 155 cm³/mol. The van der Waals surface area contributed by atoms with Gasteiger partial charge in [0.05, 0.1) is 64.3 Å². The average molecular weight is 573 g/mol. The van der Waals surface area contributed by atoms with Gasteiger partial charge in [-0.1, -0.05) is 30.3 Å². The second-order valence-electron chi connectivity index (χ2n) is 9.88. The summed E-state index contributed by atoms with van der Waals surface area (Å²) in [6, 6.07) is 10.2. The predicted octanol–water partition coefficient (Wildman–Crippen LogP) is 2.06. The first-order chi connectivity index (χ1) is 20.0. The van der Waals surface area contributed by atoms with E-state index in [0.717, 1.165) is 19.3 Å². The molecule has 2 heterocycles. The maximum atomic E-state index is 13.0. The number of amides is 3. The zero-order valence-corrected chi connectivity index (χ0v) is 24.5. The molecule has 2 N–H and O–H groups in total. The van der Waals surface area contributed by atoms with Gasteiger partial charge in [0, 0.05) is 32.3 Å². The first-order valence-corrected chi connectivity index (χ1v) is 14.1. The van der Waals surface area contributed by atoms with E-state index in [2.05, 4.69) is 63.9 Å². The minimum absolute atomic E-state index is 0.0333. The van der Waals surface area contributed by atoms with E-state index in [9.17, 15) is 9.59 Å². The van der Waals surface area contributed by atoms with E-state index in [1.807, 2.05) is 6.07 Å². The molecular weight excluding hydrogens is 528 g/mol. The van der Waals surface area contributed by atoms with E-state index in [1.165, 1.54) is 18.0 Å². The lowest BCUT2D eigenvalue weighted by atomic mass is 9.81. The van der Waals surface area contributed by atoms with Crippen molar-refractivity contribution >= 4 is 17.6 Å². The number of nitrogens with one attached hydrogen (secondary N) is 2. The Balaban J connectivity index is 1.43. The van der Waals surface area contributed by atoms with Crippen LogP contribution in [0.15, 0.2) is 42.7 Å². The summed E-state index contributed by atoms with van der Waals surface area (Å²) in [5, 5.41) is 5.79. The molecule has 1 fully saturated rings. The molecule has 2 aromatic rings. The minimum Gasteiger partial charge on any atom is -0.382 e. The van der Waals surface area contributed by atoms with Crippen LogP contribution in [0.3, 0.4) is 0 Å². The lowest BCUT2D eigenvalue weighted by Crippen LogP contribution is -2.44. The number of benzene rings is 1. The van der Waals surface area contributed by atoms with Crippen molar-refractivity contribution in [2.75, 3.05) is 92.0 Å². The fourth-order valence-electron chi connectivity index (χ4n) is 4.79. The fourth-order valence-corrected chi connectivity index (χ4v) is 4.79. The van der Waals surface area contributed by atoms with Gasteiger partial charge >= 0.3 is 6.03 Å². The molecule has 0 saturated carbocycles. The normalized spacial score (nSPS) is 18.0. The SMILES string of the molecule is COCCOCCOCCOCCNC(=O)c1ncc(N2CCC[C@](c3ccccc3)(N(C)C)CCNC2=O)cn1. The summed E-state index contributed by atoms with van der Waals surface area (Å²) in [7, 11) is 5.81. The number of hydrogen-bond acceptors (Lipinski definition) is 9. The van der Waals surface area contributed by atoms with E-state index < -0.39 is 5.91 Å². The van der Waals surface area contributed by atoms with Gasteiger partial charge in [-0.25, -0.2) is 14.8 Å². The van der Waals surface area contributed by atoms with Crippen LogP contribution in [-0.2, 0) is 24.5 Å². The Morgan fingerprint density at radius 2 is 1.61 bits per heavy atom. The largest absolute Gasteiger partial charge is 0.382 e. The maximum absolute atomic E-state index is 13.0. The number of carbonyl (C=O) groups excluding carboxylic acids is 2. The van der Waals surface area contributed by atoms with E-state index >= 15 is 0 Å². The van der Waals surface area contributed by atoms with Gasteiger partial charge in [-0.2, -0.15) is 0 Å². The molecule has 41 heavy (non-hydrogen) atoms. The van der Waals surface area contributed by atoms with Crippen molar-refractivity contribution in [3.05, 3.63) is 54.1 Å². The molecule has 1 aromatic carbocycles. The third-order valence-electron chi connectivity index (χ3n) is 7.06. The molecule has 1 aliphatic rings. The Morgan fingerprint density at radius 1 is 0.976 bits per heavy atom. The smallest absolute Gasteiger partial charge is 0.321 e. The van der Waals surface area contributed by atoms with Gasteiger partial charge in [0.1, 0.15) is 0 Å². The number of carbonyl (C=O) groups is 2. The fraction of sp³-hybridized carbons (Fsp3) is 0.586. The maximum Gasteiger partial charge on any atom is 0.321 e. The first-order valence-electron chi connectivity index (χ1n) is 14.1. The average Bonchev–Trinajstić information content (AvgIpc) is 3.07. The van der Waals surface area contributed by atoms with Gasteiger partial charge in [0.25, 0.3) is 5.91 Å². The van der Waals surface area contributed by atoms with Gasteiger partial charge in [-0.15, -0.1) is 0 Å². The second-order valence-corrected chi connectivity index (χ2v) is 9.88. The molecule has 1 atom stereocenters. The highest BCUT2D eigenvalue weighted by Gasteiger charge is 2.35. The lowest BCUT2D eigenvalue weighted by molar-refractivity contribution is 0.00414. The van der Waals surface area contributed by atoms with Gasteiger partial charge < -0.3 is 29.6 Å². The van der Waals surface area contributed by atoms with Crippen molar-refractivity contribution in [1.29, 1.82) is 0 Å². The molecule has 226 valence electrons. The third kappa shape index (κ3) is 10.0. The number of urea groups is 1. The summed E-state index contributed by atoms with van der Waals surface area (Å²) in [4.78, 5) is 37.8. The Hall–Kier alpha value is -3.16. The molecule has 0 aliphatic carbocycles. The van der Waals surface area contributed by atoms with Gasteiger partial charge in [0.15, 0.2) is 0 Å². The number of anilines is 1. The molecule has 0 spiro atoms. The number of ether oxygens (including phenoxy) is 4. The molecule has 0 unspecified atom stereocenters. The van der Waals surface area contributed by atoms with Crippen LogP contribution >= 0.6 is 0 Å². The molecule has 0 radical (unpaired) electrons. The number of nitrogens with zero attached hydrogens (tertiary/aromatic N) is 4. The van der Waals surface area contributed by atoms with Crippen molar-refractivity contribution in [1.82, 2.24) is 25.5 Å². The van der Waals surface area contributed by atoms with E-state index in [0.29, 0.717) is 71.6 Å². The van der Waals surface area contributed by atoms with E-state index in [-0.39, 0.29) is 17.4 Å². The molecule has 1 saturated heterocycles. The van der Waals surface area contributed by atoms with Crippen LogP contribution in [0.5, 0.6) is 0 Å². The van der Waals surface area contributed by atoms with Crippen molar-refractivity contribution in [2.45, 2.75) is 24.8 Å². The molecule has 3 amide bonds. The van der Waals surface area contributed by atoms with Crippen LogP contribution in [0.1, 0.15) is 35.4 Å². The van der Waals surface area contributed by atoms with Crippen LogP contribution < -0.4 is 15.5 Å². The highest BCUT2D eigenvalue weighted by atomic mass is 16.6. The Morgan fingerprint density at radius 3 is 2.24 bits per heavy atom. The summed E-state index contributed by atoms with van der Waals surface area (Å²) in [5.74, 6) is -0.372. The van der Waals surface area contributed by atoms with Crippen LogP contribution in [0.25, 0.3) is 0 Å². The Labute approximate surface area is 242 Å². The van der Waals surface area contributed by atoms with Crippen molar-refractivity contribution in [3.8, 4) is 0 Å². The summed E-state index contributed by atoms with van der Waals surface area (Å²) in [5.41, 5.74) is 1.60. The molecule has 1 aromatic heterocycles. The van der Waals surface area contributed by atoms with Gasteiger partial charge in [0.2, 0.25) is 5.82 Å². The first kappa shape index (κ1) is 32.4. The summed E-state index contributed by atoms with van der Waals surface area (Å²) in [6.07, 6.45) is 5.50. The van der Waals surface area contributed by atoms with Gasteiger partial charge in [-0.3, -0.25) is 14.6 Å². The van der Waals surface area contributed by atoms with E-state index in [4.69, 9.17) is 18.9 Å². The summed E-state index contributed by atoms with van der Waals surface area (Å²) < 4.78 is 21.1. The monoisotopic (exact) mass is 572 g/mol. The number of methoxy groups -OCH3 is 1. The van der Waals surface area contributed by atoms with Crippen molar-refractivity contribution < 1.29 is 28.5 Å². The van der Waals surface area contributed by atoms with Crippen LogP contribution in [0, 0.1) is 0 Å². The van der Waals surface area contributed by atoms with Gasteiger partial charge in [-0.05, 0) is 38.9 Å². The highest BCUT2D eigenvalue weighted by molar-refractivity contribution is 5.93. The minimum atomic E-state index is -0.405. The molecule has 1 aliphatic heterocycles. The molecule has 0 bridgehead atoms. The van der Waals surface area contributed by atoms with Crippen molar-refractivity contribution in [2.24, 2.45) is 0 Å². The standard InChI is InChI=1S/C29H44N6O6/c1-34(2)29(24-8-5-4-6-9-24)10-7-14-35(28(37)31-12-11-29)25-22-32-26(33-23-25)27(36)30-13-15-39-18-19-41-21-20-40-17-16-38-3/h4-6,8-9,22-23H,7,10-21H2,1-3H3,(H,30,36)(H,31,37)/t29-/m0/s1. The van der Waals surface area contributed by atoms with E-state index in [1.54, 1.807) is 12.0 Å². The summed E-state index contributed by atoms with van der Waals surface area (Å²) in [6.45, 7) is 4.64. The molecule has 3 rings (SSSR count).